The van der Waals surface area contributed by atoms with Crippen LogP contribution in [0, 0.1) is 0 Å². The average molecular weight is 396 g/mol. The Labute approximate surface area is 166 Å². The number of carbonyl (C=O) groups is 2. The molecule has 1 aromatic carbocycles. The first kappa shape index (κ1) is 18.4. The number of carbonyl (C=O) groups excluding carboxylic acids is 2. The maximum atomic E-state index is 12.7. The van der Waals surface area contributed by atoms with Crippen LogP contribution in [0.15, 0.2) is 58.5 Å². The van der Waals surface area contributed by atoms with Crippen LogP contribution >= 0.6 is 11.3 Å². The zero-order valence-electron chi connectivity index (χ0n) is 15.2. The zero-order valence-corrected chi connectivity index (χ0v) is 16.0. The van der Waals surface area contributed by atoms with Crippen molar-refractivity contribution in [1.82, 2.24) is 14.8 Å². The second-order valence-electron chi connectivity index (χ2n) is 6.50. The molecule has 0 unspecified atom stereocenters. The molecule has 0 atom stereocenters. The molecule has 3 heterocycles. The first-order chi connectivity index (χ1) is 13.7. The fourth-order valence-electron chi connectivity index (χ4n) is 3.08. The Morgan fingerprint density at radius 1 is 1.07 bits per heavy atom. The summed E-state index contributed by atoms with van der Waals surface area (Å²) in [5.74, 6) is 0.536. The van der Waals surface area contributed by atoms with Gasteiger partial charge >= 0.3 is 0 Å². The van der Waals surface area contributed by atoms with Gasteiger partial charge in [0, 0.05) is 37.2 Å². The number of para-hydroxylation sites is 1. The number of hydrogen-bond acceptors (Lipinski definition) is 6. The van der Waals surface area contributed by atoms with Crippen molar-refractivity contribution in [3.63, 3.8) is 0 Å². The van der Waals surface area contributed by atoms with E-state index in [0.717, 1.165) is 5.69 Å². The van der Waals surface area contributed by atoms with Crippen molar-refractivity contribution >= 4 is 28.8 Å². The van der Waals surface area contributed by atoms with Gasteiger partial charge < -0.3 is 14.6 Å². The number of hydrogen-bond donors (Lipinski definition) is 1. The summed E-state index contributed by atoms with van der Waals surface area (Å²) in [7, 11) is 0. The molecule has 0 saturated carbocycles. The van der Waals surface area contributed by atoms with E-state index in [2.05, 4.69) is 15.2 Å². The van der Waals surface area contributed by atoms with E-state index >= 15 is 0 Å². The Morgan fingerprint density at radius 2 is 1.86 bits per heavy atom. The third-order valence-electron chi connectivity index (χ3n) is 4.54. The summed E-state index contributed by atoms with van der Waals surface area (Å²) in [6.45, 7) is 2.78. The number of nitrogens with one attached hydrogen (secondary N) is 1. The third kappa shape index (κ3) is 4.29. The molecule has 7 nitrogen and oxygen atoms in total. The molecule has 1 N–H and O–H groups in total. The summed E-state index contributed by atoms with van der Waals surface area (Å²) in [6.07, 6.45) is 1.59. The van der Waals surface area contributed by atoms with Crippen molar-refractivity contribution in [2.75, 3.05) is 38.0 Å². The van der Waals surface area contributed by atoms with Gasteiger partial charge in [-0.25, -0.2) is 4.98 Å². The van der Waals surface area contributed by atoms with Crippen LogP contribution in [-0.4, -0.2) is 59.3 Å². The summed E-state index contributed by atoms with van der Waals surface area (Å²) < 4.78 is 5.33. The van der Waals surface area contributed by atoms with Crippen molar-refractivity contribution in [3.8, 4) is 10.8 Å². The summed E-state index contributed by atoms with van der Waals surface area (Å²) in [6, 6.07) is 13.0. The Bertz CT molecular complexity index is 932. The topological polar surface area (TPSA) is 78.7 Å². The van der Waals surface area contributed by atoms with E-state index in [9.17, 15) is 9.59 Å². The molecule has 0 bridgehead atoms. The number of aromatic nitrogens is 1. The van der Waals surface area contributed by atoms with E-state index < -0.39 is 0 Å². The molecule has 144 valence electrons. The number of anilines is 1. The van der Waals surface area contributed by atoms with E-state index in [1.165, 1.54) is 11.3 Å². The molecule has 2 aromatic heterocycles. The van der Waals surface area contributed by atoms with Gasteiger partial charge in [-0.15, -0.1) is 11.3 Å². The van der Waals surface area contributed by atoms with E-state index in [1.807, 2.05) is 36.4 Å². The highest BCUT2D eigenvalue weighted by molar-refractivity contribution is 7.13. The van der Waals surface area contributed by atoms with Crippen molar-refractivity contribution < 1.29 is 14.0 Å². The van der Waals surface area contributed by atoms with Crippen LogP contribution in [0.2, 0.25) is 0 Å². The average Bonchev–Trinajstić information content (AvgIpc) is 3.40. The minimum atomic E-state index is -0.0811. The number of benzene rings is 1. The van der Waals surface area contributed by atoms with Crippen molar-refractivity contribution in [2.45, 2.75) is 0 Å². The van der Waals surface area contributed by atoms with Crippen LogP contribution in [0.1, 0.15) is 10.5 Å². The number of nitrogens with zero attached hydrogens (tertiary/aromatic N) is 3. The molecule has 1 saturated heterocycles. The molecule has 3 aromatic rings. The summed E-state index contributed by atoms with van der Waals surface area (Å²) in [5, 5.41) is 5.35. The molecule has 1 aliphatic rings. The van der Waals surface area contributed by atoms with E-state index in [1.54, 1.807) is 22.6 Å². The SMILES string of the molecule is O=C(CN1CCN(C(=O)c2csc(-c3ccco3)n2)CC1)Nc1ccccc1. The van der Waals surface area contributed by atoms with Gasteiger partial charge in [-0.2, -0.15) is 0 Å². The molecule has 0 spiro atoms. The molecule has 0 radical (unpaired) electrons. The smallest absolute Gasteiger partial charge is 0.273 e. The van der Waals surface area contributed by atoms with Crippen LogP contribution in [0.5, 0.6) is 0 Å². The normalized spacial score (nSPS) is 14.8. The number of rotatable bonds is 5. The lowest BCUT2D eigenvalue weighted by atomic mass is 10.2. The number of thiazole rings is 1. The maximum absolute atomic E-state index is 12.7. The molecule has 0 aliphatic carbocycles. The second kappa shape index (κ2) is 8.37. The number of furan rings is 1. The van der Waals surface area contributed by atoms with Gasteiger partial charge in [-0.3, -0.25) is 14.5 Å². The molecule has 2 amide bonds. The van der Waals surface area contributed by atoms with Crippen LogP contribution in [0.3, 0.4) is 0 Å². The van der Waals surface area contributed by atoms with Gasteiger partial charge in [-0.1, -0.05) is 18.2 Å². The minimum absolute atomic E-state index is 0.0476. The fourth-order valence-corrected chi connectivity index (χ4v) is 3.84. The highest BCUT2D eigenvalue weighted by Crippen LogP contribution is 2.24. The van der Waals surface area contributed by atoms with Crippen molar-refractivity contribution in [3.05, 3.63) is 59.8 Å². The van der Waals surface area contributed by atoms with Crippen molar-refractivity contribution in [2.24, 2.45) is 0 Å². The lowest BCUT2D eigenvalue weighted by Crippen LogP contribution is -2.50. The lowest BCUT2D eigenvalue weighted by Gasteiger charge is -2.33. The standard InChI is InChI=1S/C20H20N4O3S/c25-18(21-15-5-2-1-3-6-15)13-23-8-10-24(11-9-23)20(26)16-14-28-19(22-16)17-7-4-12-27-17/h1-7,12,14H,8-11,13H2,(H,21,25). The molecule has 28 heavy (non-hydrogen) atoms. The van der Waals surface area contributed by atoms with Crippen molar-refractivity contribution in [1.29, 1.82) is 0 Å². The van der Waals surface area contributed by atoms with Crippen LogP contribution < -0.4 is 5.32 Å². The Kier molecular flexibility index (Phi) is 5.50. The highest BCUT2D eigenvalue weighted by atomic mass is 32.1. The van der Waals surface area contributed by atoms with Crippen LogP contribution in [0.4, 0.5) is 5.69 Å². The molecule has 1 fully saturated rings. The van der Waals surface area contributed by atoms with Crippen LogP contribution in [0.25, 0.3) is 10.8 Å². The number of piperazine rings is 1. The molecule has 8 heteroatoms. The van der Waals surface area contributed by atoms with Gasteiger partial charge in [0.15, 0.2) is 10.8 Å². The monoisotopic (exact) mass is 396 g/mol. The molecule has 4 rings (SSSR count). The quantitative estimate of drug-likeness (QED) is 0.717. The van der Waals surface area contributed by atoms with E-state index in [-0.39, 0.29) is 11.8 Å². The molecule has 1 aliphatic heterocycles. The summed E-state index contributed by atoms with van der Waals surface area (Å²) in [4.78, 5) is 33.1. The molecular weight excluding hydrogens is 376 g/mol. The number of amides is 2. The van der Waals surface area contributed by atoms with Gasteiger partial charge in [0.25, 0.3) is 5.91 Å². The zero-order chi connectivity index (χ0) is 19.3. The Morgan fingerprint density at radius 3 is 2.57 bits per heavy atom. The summed E-state index contributed by atoms with van der Waals surface area (Å²) in [5.41, 5.74) is 1.23. The summed E-state index contributed by atoms with van der Waals surface area (Å²) >= 11 is 1.39. The largest absolute Gasteiger partial charge is 0.462 e. The first-order valence-corrected chi connectivity index (χ1v) is 9.93. The van der Waals surface area contributed by atoms with Gasteiger partial charge in [-0.05, 0) is 24.3 Å². The minimum Gasteiger partial charge on any atom is -0.462 e. The molecular formula is C20H20N4O3S. The highest BCUT2D eigenvalue weighted by Gasteiger charge is 2.25. The van der Waals surface area contributed by atoms with Gasteiger partial charge in [0.05, 0.1) is 12.8 Å². The maximum Gasteiger partial charge on any atom is 0.273 e. The predicted octanol–water partition coefficient (Wildman–Crippen LogP) is 2.80. The van der Waals surface area contributed by atoms with Gasteiger partial charge in [0.2, 0.25) is 5.91 Å². The lowest BCUT2D eigenvalue weighted by molar-refractivity contribution is -0.117. The second-order valence-corrected chi connectivity index (χ2v) is 7.36. The Hall–Kier alpha value is -2.97. The predicted molar refractivity (Wildman–Crippen MR) is 107 cm³/mol. The van der Waals surface area contributed by atoms with E-state index in [0.29, 0.717) is 49.2 Å². The van der Waals surface area contributed by atoms with E-state index in [4.69, 9.17) is 4.42 Å². The Balaban J connectivity index is 1.28. The first-order valence-electron chi connectivity index (χ1n) is 9.05. The third-order valence-corrected chi connectivity index (χ3v) is 5.40. The van der Waals surface area contributed by atoms with Crippen LogP contribution in [-0.2, 0) is 4.79 Å². The van der Waals surface area contributed by atoms with Gasteiger partial charge in [0.1, 0.15) is 5.69 Å². The fraction of sp³-hybridized carbons (Fsp3) is 0.250.